The Morgan fingerprint density at radius 1 is 1.18 bits per heavy atom. The molecule has 2 nitrogen and oxygen atoms in total. The minimum atomic E-state index is -0.364. The number of halogens is 1. The van der Waals surface area contributed by atoms with Crippen molar-refractivity contribution in [2.75, 3.05) is 0 Å². The molecule has 0 bridgehead atoms. The lowest BCUT2D eigenvalue weighted by atomic mass is 10.0. The van der Waals surface area contributed by atoms with Crippen LogP contribution < -0.4 is 5.56 Å². The maximum atomic E-state index is 13.1. The molecule has 1 fully saturated rings. The molecule has 1 heterocycles. The number of fused-ring (bicyclic) bond motifs is 1. The van der Waals surface area contributed by atoms with Crippen LogP contribution in [0.25, 0.3) is 10.8 Å². The van der Waals surface area contributed by atoms with Crippen LogP contribution in [-0.4, -0.2) is 4.98 Å². The van der Waals surface area contributed by atoms with E-state index >= 15 is 0 Å². The van der Waals surface area contributed by atoms with Gasteiger partial charge in [-0.2, -0.15) is 0 Å². The molecule has 1 aromatic carbocycles. The maximum absolute atomic E-state index is 13.1. The van der Waals surface area contributed by atoms with Crippen molar-refractivity contribution in [3.8, 4) is 0 Å². The molecule has 0 amide bonds. The maximum Gasteiger partial charge on any atom is 0.256 e. The molecule has 2 aromatic rings. The second kappa shape index (κ2) is 3.99. The first-order valence-corrected chi connectivity index (χ1v) is 6.06. The molecule has 0 atom stereocenters. The summed E-state index contributed by atoms with van der Waals surface area (Å²) in [6, 6.07) is 6.37. The first-order valence-electron chi connectivity index (χ1n) is 6.06. The van der Waals surface area contributed by atoms with Gasteiger partial charge in [0.2, 0.25) is 0 Å². The van der Waals surface area contributed by atoms with Crippen LogP contribution in [0, 0.1) is 5.82 Å². The number of hydrogen-bond acceptors (Lipinski definition) is 1. The summed E-state index contributed by atoms with van der Waals surface area (Å²) in [4.78, 5) is 14.8. The Hall–Kier alpha value is -1.64. The molecule has 1 aromatic heterocycles. The fraction of sp³-hybridized carbons (Fsp3) is 0.357. The SMILES string of the molecule is O=c1[nH]c(C2CCCC2)cc2ccc(F)cc12. The lowest BCUT2D eigenvalue weighted by molar-refractivity contribution is 0.629. The number of nitrogens with one attached hydrogen (secondary N) is 1. The van der Waals surface area contributed by atoms with Crippen molar-refractivity contribution in [3.05, 3.63) is 46.1 Å². The van der Waals surface area contributed by atoms with Gasteiger partial charge in [-0.3, -0.25) is 4.79 Å². The molecule has 1 saturated carbocycles. The zero-order valence-corrected chi connectivity index (χ0v) is 9.50. The van der Waals surface area contributed by atoms with Crippen LogP contribution in [0.5, 0.6) is 0 Å². The molecule has 3 heteroatoms. The molecule has 17 heavy (non-hydrogen) atoms. The predicted octanol–water partition coefficient (Wildman–Crippen LogP) is 3.32. The van der Waals surface area contributed by atoms with Crippen LogP contribution in [0.4, 0.5) is 4.39 Å². The van der Waals surface area contributed by atoms with Crippen LogP contribution in [0.15, 0.2) is 29.1 Å². The third-order valence-electron chi connectivity index (χ3n) is 3.62. The van der Waals surface area contributed by atoms with E-state index in [1.165, 1.54) is 25.0 Å². The monoisotopic (exact) mass is 231 g/mol. The van der Waals surface area contributed by atoms with E-state index in [0.717, 1.165) is 23.9 Å². The van der Waals surface area contributed by atoms with Gasteiger partial charge in [-0.25, -0.2) is 4.39 Å². The second-order valence-electron chi connectivity index (χ2n) is 4.77. The van der Waals surface area contributed by atoms with Gasteiger partial charge in [0.15, 0.2) is 0 Å². The van der Waals surface area contributed by atoms with Crippen molar-refractivity contribution in [3.63, 3.8) is 0 Å². The molecule has 1 aliphatic rings. The first kappa shape index (κ1) is 10.5. The normalized spacial score (nSPS) is 16.8. The minimum absolute atomic E-state index is 0.177. The summed E-state index contributed by atoms with van der Waals surface area (Å²) in [6.45, 7) is 0. The van der Waals surface area contributed by atoms with Crippen molar-refractivity contribution >= 4 is 10.8 Å². The van der Waals surface area contributed by atoms with Gasteiger partial charge >= 0.3 is 0 Å². The molecule has 0 aliphatic heterocycles. The number of rotatable bonds is 1. The minimum Gasteiger partial charge on any atom is -0.325 e. The van der Waals surface area contributed by atoms with Crippen molar-refractivity contribution in [2.24, 2.45) is 0 Å². The number of benzene rings is 1. The third kappa shape index (κ3) is 1.86. The summed E-state index contributed by atoms with van der Waals surface area (Å²) in [7, 11) is 0. The van der Waals surface area contributed by atoms with Gasteiger partial charge in [-0.1, -0.05) is 18.9 Å². The highest BCUT2D eigenvalue weighted by Gasteiger charge is 2.18. The second-order valence-corrected chi connectivity index (χ2v) is 4.77. The van der Waals surface area contributed by atoms with Gasteiger partial charge in [-0.15, -0.1) is 0 Å². The molecule has 3 rings (SSSR count). The fourth-order valence-corrected chi connectivity index (χ4v) is 2.71. The van der Waals surface area contributed by atoms with Gasteiger partial charge in [0.1, 0.15) is 5.82 Å². The molecule has 88 valence electrons. The third-order valence-corrected chi connectivity index (χ3v) is 3.62. The first-order chi connectivity index (χ1) is 8.24. The highest BCUT2D eigenvalue weighted by atomic mass is 19.1. The molecular weight excluding hydrogens is 217 g/mol. The van der Waals surface area contributed by atoms with Crippen molar-refractivity contribution in [1.29, 1.82) is 0 Å². The van der Waals surface area contributed by atoms with Crippen molar-refractivity contribution < 1.29 is 4.39 Å². The van der Waals surface area contributed by atoms with Gasteiger partial charge < -0.3 is 4.98 Å². The van der Waals surface area contributed by atoms with Crippen molar-refractivity contribution in [2.45, 2.75) is 31.6 Å². The van der Waals surface area contributed by atoms with E-state index in [2.05, 4.69) is 4.98 Å². The number of aromatic amines is 1. The smallest absolute Gasteiger partial charge is 0.256 e. The zero-order chi connectivity index (χ0) is 11.8. The highest BCUT2D eigenvalue weighted by Crippen LogP contribution is 2.33. The van der Waals surface area contributed by atoms with Crippen LogP contribution in [0.3, 0.4) is 0 Å². The van der Waals surface area contributed by atoms with Crippen LogP contribution in [-0.2, 0) is 0 Å². The van der Waals surface area contributed by atoms with Gasteiger partial charge in [0.05, 0.1) is 0 Å². The van der Waals surface area contributed by atoms with Gasteiger partial charge in [0, 0.05) is 11.1 Å². The summed E-state index contributed by atoms with van der Waals surface area (Å²) in [6.07, 6.45) is 4.74. The average Bonchev–Trinajstić information content (AvgIpc) is 2.83. The largest absolute Gasteiger partial charge is 0.325 e. The Kier molecular flexibility index (Phi) is 2.46. The quantitative estimate of drug-likeness (QED) is 0.802. The van der Waals surface area contributed by atoms with E-state index < -0.39 is 0 Å². The molecule has 1 aliphatic carbocycles. The standard InChI is InChI=1S/C14H14FNO/c15-11-6-5-10-7-13(9-3-1-2-4-9)16-14(17)12(10)8-11/h5-9H,1-4H2,(H,16,17). The van der Waals surface area contributed by atoms with E-state index in [-0.39, 0.29) is 11.4 Å². The Balaban J connectivity index is 2.17. The molecule has 0 spiro atoms. The summed E-state index contributed by atoms with van der Waals surface area (Å²) >= 11 is 0. The van der Waals surface area contributed by atoms with E-state index in [1.54, 1.807) is 6.07 Å². The van der Waals surface area contributed by atoms with E-state index in [1.807, 2.05) is 6.07 Å². The van der Waals surface area contributed by atoms with Crippen molar-refractivity contribution in [1.82, 2.24) is 4.98 Å². The number of aromatic nitrogens is 1. The molecule has 1 N–H and O–H groups in total. The van der Waals surface area contributed by atoms with Crippen LogP contribution >= 0.6 is 0 Å². The number of H-pyrrole nitrogens is 1. The Morgan fingerprint density at radius 2 is 1.94 bits per heavy atom. The Morgan fingerprint density at radius 3 is 2.71 bits per heavy atom. The number of pyridine rings is 1. The molecule has 0 saturated heterocycles. The van der Waals surface area contributed by atoms with Gasteiger partial charge in [0.25, 0.3) is 5.56 Å². The van der Waals surface area contributed by atoms with E-state index in [4.69, 9.17) is 0 Å². The summed E-state index contributed by atoms with van der Waals surface area (Å²) in [5, 5.41) is 1.27. The molecule has 0 unspecified atom stereocenters. The van der Waals surface area contributed by atoms with E-state index in [9.17, 15) is 9.18 Å². The predicted molar refractivity (Wildman–Crippen MR) is 65.7 cm³/mol. The Labute approximate surface area is 98.5 Å². The summed E-state index contributed by atoms with van der Waals surface area (Å²) in [5.41, 5.74) is 0.829. The summed E-state index contributed by atoms with van der Waals surface area (Å²) in [5.74, 6) is 0.105. The fourth-order valence-electron chi connectivity index (χ4n) is 2.71. The Bertz CT molecular complexity index is 611. The highest BCUT2D eigenvalue weighted by molar-refractivity contribution is 5.81. The lowest BCUT2D eigenvalue weighted by Crippen LogP contribution is -2.11. The zero-order valence-electron chi connectivity index (χ0n) is 9.50. The van der Waals surface area contributed by atoms with Gasteiger partial charge in [-0.05, 0) is 42.3 Å². The number of hydrogen-bond donors (Lipinski definition) is 1. The van der Waals surface area contributed by atoms with Crippen LogP contribution in [0.2, 0.25) is 0 Å². The molecular formula is C14H14FNO. The molecule has 0 radical (unpaired) electrons. The van der Waals surface area contributed by atoms with E-state index in [0.29, 0.717) is 11.3 Å². The lowest BCUT2D eigenvalue weighted by Gasteiger charge is -2.10. The summed E-state index contributed by atoms with van der Waals surface area (Å²) < 4.78 is 13.1. The average molecular weight is 231 g/mol. The van der Waals surface area contributed by atoms with Crippen LogP contribution in [0.1, 0.15) is 37.3 Å². The topological polar surface area (TPSA) is 32.9 Å².